The van der Waals surface area contributed by atoms with Crippen LogP contribution in [0.1, 0.15) is 38.3 Å². The minimum Gasteiger partial charge on any atom is -0.388 e. The molecule has 2 saturated heterocycles. The molecule has 0 aromatic carbocycles. The summed E-state index contributed by atoms with van der Waals surface area (Å²) in [5, 5.41) is 24.8. The van der Waals surface area contributed by atoms with Crippen LogP contribution in [0.4, 0.5) is 5.82 Å². The fourth-order valence-electron chi connectivity index (χ4n) is 4.99. The van der Waals surface area contributed by atoms with E-state index < -0.39 is 24.5 Å². The lowest BCUT2D eigenvalue weighted by molar-refractivity contribution is -0.0397. The summed E-state index contributed by atoms with van der Waals surface area (Å²) in [6.07, 6.45) is 5.45. The standard InChI is InChI=1S/C21H33N7O3/c1-26-8-10-27(11-9-26)7-6-15-17(29)18(30)21(31-15)28-13-24-16-19(22-12-23-20(16)28)25-14-4-2-3-5-14/h12-15,17-18,21,29-30H,2-11H2,1H3,(H,22,23,25)/t15-,17-,18-,21-/m1/s1. The maximum absolute atomic E-state index is 10.7. The van der Waals surface area contributed by atoms with Crippen LogP contribution in [0.25, 0.3) is 11.2 Å². The molecule has 5 rings (SSSR count). The molecule has 4 atom stereocenters. The van der Waals surface area contributed by atoms with Gasteiger partial charge in [0.2, 0.25) is 0 Å². The molecule has 4 heterocycles. The molecular formula is C21H33N7O3. The van der Waals surface area contributed by atoms with Crippen molar-refractivity contribution in [3.8, 4) is 0 Å². The van der Waals surface area contributed by atoms with E-state index in [0.717, 1.165) is 51.4 Å². The highest BCUT2D eigenvalue weighted by Gasteiger charge is 2.44. The highest BCUT2D eigenvalue weighted by molar-refractivity contribution is 5.82. The number of hydrogen-bond acceptors (Lipinski definition) is 9. The van der Waals surface area contributed by atoms with Crippen molar-refractivity contribution >= 4 is 17.0 Å². The summed E-state index contributed by atoms with van der Waals surface area (Å²) < 4.78 is 7.85. The van der Waals surface area contributed by atoms with Crippen molar-refractivity contribution in [2.45, 2.75) is 62.7 Å². The van der Waals surface area contributed by atoms with Crippen molar-refractivity contribution in [2.75, 3.05) is 45.1 Å². The SMILES string of the molecule is CN1CCN(CC[C@H]2O[C@@H](n3cnc4c(NC5CCCC5)ncnc43)[C@H](O)[C@@H]2O)CC1. The summed E-state index contributed by atoms with van der Waals surface area (Å²) in [6, 6.07) is 0.414. The van der Waals surface area contributed by atoms with Crippen molar-refractivity contribution in [1.29, 1.82) is 0 Å². The van der Waals surface area contributed by atoms with Crippen molar-refractivity contribution in [3.05, 3.63) is 12.7 Å². The number of ether oxygens (including phenoxy) is 1. The molecule has 2 aliphatic heterocycles. The van der Waals surface area contributed by atoms with Crippen LogP contribution < -0.4 is 5.32 Å². The molecule has 170 valence electrons. The first-order valence-corrected chi connectivity index (χ1v) is 11.5. The molecule has 1 saturated carbocycles. The Kier molecular flexibility index (Phi) is 6.07. The van der Waals surface area contributed by atoms with E-state index in [1.807, 2.05) is 0 Å². The van der Waals surface area contributed by atoms with Gasteiger partial charge in [0.25, 0.3) is 0 Å². The monoisotopic (exact) mass is 431 g/mol. The number of nitrogens with one attached hydrogen (secondary N) is 1. The van der Waals surface area contributed by atoms with Crippen molar-refractivity contribution < 1.29 is 14.9 Å². The number of rotatable bonds is 6. The lowest BCUT2D eigenvalue weighted by atomic mass is 10.1. The van der Waals surface area contributed by atoms with Crippen LogP contribution >= 0.6 is 0 Å². The Bertz CT molecular complexity index is 879. The average Bonchev–Trinajstić information content (AvgIpc) is 3.50. The summed E-state index contributed by atoms with van der Waals surface area (Å²) in [7, 11) is 2.13. The first kappa shape index (κ1) is 21.0. The zero-order valence-electron chi connectivity index (χ0n) is 18.1. The van der Waals surface area contributed by atoms with Crippen LogP contribution in [0, 0.1) is 0 Å². The molecule has 0 bridgehead atoms. The van der Waals surface area contributed by atoms with Crippen LogP contribution in [0.5, 0.6) is 0 Å². The second-order valence-electron chi connectivity index (χ2n) is 9.15. The van der Waals surface area contributed by atoms with Crippen LogP contribution in [-0.4, -0.2) is 104 Å². The Morgan fingerprint density at radius 2 is 1.84 bits per heavy atom. The number of fused-ring (bicyclic) bond motifs is 1. The number of imidazole rings is 1. The van der Waals surface area contributed by atoms with E-state index >= 15 is 0 Å². The second-order valence-corrected chi connectivity index (χ2v) is 9.15. The van der Waals surface area contributed by atoms with Gasteiger partial charge >= 0.3 is 0 Å². The van der Waals surface area contributed by atoms with Crippen LogP contribution in [0.3, 0.4) is 0 Å². The Morgan fingerprint density at radius 3 is 2.61 bits per heavy atom. The topological polar surface area (TPSA) is 112 Å². The number of aromatic nitrogens is 4. The summed E-state index contributed by atoms with van der Waals surface area (Å²) in [5.41, 5.74) is 1.27. The largest absolute Gasteiger partial charge is 0.388 e. The van der Waals surface area contributed by atoms with Gasteiger partial charge in [0.15, 0.2) is 23.2 Å². The molecular weight excluding hydrogens is 398 g/mol. The number of anilines is 1. The highest BCUT2D eigenvalue weighted by Crippen LogP contribution is 2.34. The number of hydrogen-bond donors (Lipinski definition) is 3. The zero-order valence-corrected chi connectivity index (χ0v) is 18.1. The molecule has 10 heteroatoms. The molecule has 3 N–H and O–H groups in total. The molecule has 0 spiro atoms. The molecule has 1 aliphatic carbocycles. The van der Waals surface area contributed by atoms with Crippen molar-refractivity contribution in [1.82, 2.24) is 29.3 Å². The molecule has 0 amide bonds. The number of aliphatic hydroxyl groups excluding tert-OH is 2. The normalized spacial score (nSPS) is 31.1. The Morgan fingerprint density at radius 1 is 1.06 bits per heavy atom. The first-order valence-electron chi connectivity index (χ1n) is 11.5. The van der Waals surface area contributed by atoms with Crippen LogP contribution in [-0.2, 0) is 4.74 Å². The first-order chi connectivity index (χ1) is 15.1. The number of aliphatic hydroxyl groups is 2. The molecule has 3 fully saturated rings. The van der Waals surface area contributed by atoms with Gasteiger partial charge in [0, 0.05) is 38.8 Å². The number of piperazine rings is 1. The predicted molar refractivity (Wildman–Crippen MR) is 116 cm³/mol. The van der Waals surface area contributed by atoms with E-state index in [0.29, 0.717) is 23.6 Å². The van der Waals surface area contributed by atoms with Gasteiger partial charge in [0.1, 0.15) is 18.5 Å². The summed E-state index contributed by atoms with van der Waals surface area (Å²) in [6.45, 7) is 4.99. The lowest BCUT2D eigenvalue weighted by Gasteiger charge is -2.33. The van der Waals surface area contributed by atoms with Gasteiger partial charge in [0.05, 0.1) is 12.4 Å². The van der Waals surface area contributed by atoms with E-state index in [1.54, 1.807) is 10.9 Å². The Balaban J connectivity index is 1.28. The second kappa shape index (κ2) is 8.95. The number of nitrogens with zero attached hydrogens (tertiary/aromatic N) is 6. The maximum atomic E-state index is 10.7. The minimum atomic E-state index is -1.03. The quantitative estimate of drug-likeness (QED) is 0.600. The molecule has 0 unspecified atom stereocenters. The van der Waals surface area contributed by atoms with Crippen LogP contribution in [0.2, 0.25) is 0 Å². The molecule has 2 aromatic heterocycles. The fraction of sp³-hybridized carbons (Fsp3) is 0.762. The zero-order chi connectivity index (χ0) is 21.4. The molecule has 3 aliphatic rings. The smallest absolute Gasteiger partial charge is 0.167 e. The van der Waals surface area contributed by atoms with Gasteiger partial charge in [-0.1, -0.05) is 12.8 Å². The van der Waals surface area contributed by atoms with Crippen molar-refractivity contribution in [2.24, 2.45) is 0 Å². The van der Waals surface area contributed by atoms with E-state index in [1.165, 1.54) is 19.2 Å². The van der Waals surface area contributed by atoms with Crippen molar-refractivity contribution in [3.63, 3.8) is 0 Å². The summed E-state index contributed by atoms with van der Waals surface area (Å²) in [4.78, 5) is 18.0. The van der Waals surface area contributed by atoms with Gasteiger partial charge in [-0.2, -0.15) is 0 Å². The van der Waals surface area contributed by atoms with E-state index in [-0.39, 0.29) is 0 Å². The van der Waals surface area contributed by atoms with E-state index in [2.05, 4.69) is 37.1 Å². The van der Waals surface area contributed by atoms with Gasteiger partial charge in [-0.3, -0.25) is 4.57 Å². The van der Waals surface area contributed by atoms with E-state index in [9.17, 15) is 10.2 Å². The summed E-state index contributed by atoms with van der Waals surface area (Å²) >= 11 is 0. The average molecular weight is 432 g/mol. The third kappa shape index (κ3) is 4.27. The Labute approximate surface area is 182 Å². The van der Waals surface area contributed by atoms with Gasteiger partial charge in [-0.15, -0.1) is 0 Å². The van der Waals surface area contributed by atoms with Gasteiger partial charge in [-0.25, -0.2) is 15.0 Å². The number of likely N-dealkylation sites (N-methyl/N-ethyl adjacent to an activating group) is 1. The van der Waals surface area contributed by atoms with Crippen LogP contribution in [0.15, 0.2) is 12.7 Å². The Hall–Kier alpha value is -1.85. The molecule has 2 aromatic rings. The molecule has 0 radical (unpaired) electrons. The van der Waals surface area contributed by atoms with Gasteiger partial charge in [-0.05, 0) is 26.3 Å². The maximum Gasteiger partial charge on any atom is 0.167 e. The third-order valence-electron chi connectivity index (χ3n) is 6.99. The third-order valence-corrected chi connectivity index (χ3v) is 6.99. The minimum absolute atomic E-state index is 0.414. The predicted octanol–water partition coefficient (Wildman–Crippen LogP) is 0.438. The fourth-order valence-corrected chi connectivity index (χ4v) is 4.99. The highest BCUT2D eigenvalue weighted by atomic mass is 16.6. The molecule has 31 heavy (non-hydrogen) atoms. The summed E-state index contributed by atoms with van der Waals surface area (Å²) in [5.74, 6) is 0.718. The van der Waals surface area contributed by atoms with Gasteiger partial charge < -0.3 is 30.1 Å². The molecule has 10 nitrogen and oxygen atoms in total. The lowest BCUT2D eigenvalue weighted by Crippen LogP contribution is -2.45. The van der Waals surface area contributed by atoms with E-state index in [4.69, 9.17) is 4.74 Å².